The summed E-state index contributed by atoms with van der Waals surface area (Å²) in [7, 11) is 0. The lowest BCUT2D eigenvalue weighted by Crippen LogP contribution is -2.49. The molecule has 3 aliphatic heterocycles. The molecule has 2 fully saturated rings. The highest BCUT2D eigenvalue weighted by Gasteiger charge is 2.43. The first-order valence-electron chi connectivity index (χ1n) is 10.8. The molecular formula is C25H28N2O3. The van der Waals surface area contributed by atoms with Crippen molar-refractivity contribution in [2.75, 3.05) is 11.4 Å². The minimum Gasteiger partial charge on any atom is -0.478 e. The summed E-state index contributed by atoms with van der Waals surface area (Å²) in [5, 5.41) is 9.41. The van der Waals surface area contributed by atoms with Gasteiger partial charge in [-0.3, -0.25) is 4.90 Å². The van der Waals surface area contributed by atoms with Gasteiger partial charge in [-0.15, -0.1) is 0 Å². The van der Waals surface area contributed by atoms with E-state index in [1.165, 1.54) is 18.4 Å². The van der Waals surface area contributed by atoms with Gasteiger partial charge in [0, 0.05) is 24.7 Å². The lowest BCUT2D eigenvalue weighted by atomic mass is 9.93. The molecule has 2 unspecified atom stereocenters. The van der Waals surface area contributed by atoms with Gasteiger partial charge in [-0.05, 0) is 69.9 Å². The second-order valence-corrected chi connectivity index (χ2v) is 8.92. The molecular weight excluding hydrogens is 376 g/mol. The van der Waals surface area contributed by atoms with Crippen LogP contribution in [-0.4, -0.2) is 40.6 Å². The molecule has 2 atom stereocenters. The third-order valence-electron chi connectivity index (χ3n) is 6.75. The van der Waals surface area contributed by atoms with Crippen LogP contribution in [0.1, 0.15) is 49.9 Å². The fourth-order valence-electron chi connectivity index (χ4n) is 5.35. The van der Waals surface area contributed by atoms with Crippen molar-refractivity contribution in [2.24, 2.45) is 0 Å². The number of carbonyl (C=O) groups is 1. The van der Waals surface area contributed by atoms with Crippen molar-refractivity contribution in [3.05, 3.63) is 59.7 Å². The Kier molecular flexibility index (Phi) is 4.78. The van der Waals surface area contributed by atoms with Gasteiger partial charge in [-0.1, -0.05) is 23.8 Å². The minimum atomic E-state index is -0.933. The molecule has 3 heterocycles. The van der Waals surface area contributed by atoms with Crippen LogP contribution < -0.4 is 9.64 Å². The molecule has 0 radical (unpaired) electrons. The zero-order valence-corrected chi connectivity index (χ0v) is 17.5. The molecule has 5 heteroatoms. The number of hydrogen-bond donors (Lipinski definition) is 1. The molecule has 30 heavy (non-hydrogen) atoms. The quantitative estimate of drug-likeness (QED) is 0.673. The molecule has 156 valence electrons. The largest absolute Gasteiger partial charge is 0.478 e. The molecule has 2 aromatic carbocycles. The van der Waals surface area contributed by atoms with Gasteiger partial charge in [0.05, 0.1) is 16.9 Å². The maximum atomic E-state index is 11.5. The summed E-state index contributed by atoms with van der Waals surface area (Å²) >= 11 is 0. The van der Waals surface area contributed by atoms with E-state index in [-0.39, 0.29) is 5.56 Å². The Morgan fingerprint density at radius 2 is 1.73 bits per heavy atom. The standard InChI is InChI=1S/C25H28N2O3/c1-16(2)11-12-26-18-8-9-19(26)15-20(14-18)27-21-5-3-4-6-23(21)30-24-13-17(25(28)29)7-10-22(24)27/h3-7,10-11,13,18-20H,8-9,12,14-15H2,1-2H3,(H,28,29). The van der Waals surface area contributed by atoms with Gasteiger partial charge >= 0.3 is 5.97 Å². The van der Waals surface area contributed by atoms with Crippen molar-refractivity contribution in [3.63, 3.8) is 0 Å². The van der Waals surface area contributed by atoms with Crippen molar-refractivity contribution in [1.29, 1.82) is 0 Å². The smallest absolute Gasteiger partial charge is 0.335 e. The molecule has 0 amide bonds. The monoisotopic (exact) mass is 404 g/mol. The second kappa shape index (κ2) is 7.47. The average Bonchev–Trinajstić information content (AvgIpc) is 2.97. The number of anilines is 2. The normalized spacial score (nSPS) is 24.6. The van der Waals surface area contributed by atoms with E-state index < -0.39 is 5.97 Å². The van der Waals surface area contributed by atoms with Crippen LogP contribution in [0.2, 0.25) is 0 Å². The molecule has 5 nitrogen and oxygen atoms in total. The van der Waals surface area contributed by atoms with Gasteiger partial charge in [0.25, 0.3) is 0 Å². The highest BCUT2D eigenvalue weighted by molar-refractivity contribution is 5.90. The molecule has 2 saturated heterocycles. The molecule has 2 bridgehead atoms. The number of para-hydroxylation sites is 2. The van der Waals surface area contributed by atoms with Crippen LogP contribution in [0.5, 0.6) is 11.5 Å². The number of rotatable bonds is 4. The Bertz CT molecular complexity index is 997. The molecule has 0 saturated carbocycles. The Hall–Kier alpha value is -2.79. The molecule has 0 aliphatic carbocycles. The number of ether oxygens (including phenoxy) is 1. The van der Waals surface area contributed by atoms with E-state index in [4.69, 9.17) is 4.74 Å². The van der Waals surface area contributed by atoms with E-state index in [9.17, 15) is 9.90 Å². The number of piperidine rings is 1. The van der Waals surface area contributed by atoms with Crippen molar-refractivity contribution in [2.45, 2.75) is 57.7 Å². The molecule has 0 aromatic heterocycles. The second-order valence-electron chi connectivity index (χ2n) is 8.92. The van der Waals surface area contributed by atoms with Crippen LogP contribution in [0.15, 0.2) is 54.1 Å². The molecule has 1 N–H and O–H groups in total. The topological polar surface area (TPSA) is 53.0 Å². The summed E-state index contributed by atoms with van der Waals surface area (Å²) in [5.74, 6) is 0.497. The predicted molar refractivity (Wildman–Crippen MR) is 118 cm³/mol. The Balaban J connectivity index is 1.49. The third-order valence-corrected chi connectivity index (χ3v) is 6.75. The summed E-state index contributed by atoms with van der Waals surface area (Å²) < 4.78 is 6.12. The number of aromatic carboxylic acids is 1. The first-order valence-corrected chi connectivity index (χ1v) is 10.8. The van der Waals surface area contributed by atoms with Gasteiger partial charge in [0.15, 0.2) is 11.5 Å². The van der Waals surface area contributed by atoms with E-state index in [2.05, 4.69) is 35.8 Å². The van der Waals surface area contributed by atoms with Crippen LogP contribution in [0, 0.1) is 0 Å². The van der Waals surface area contributed by atoms with E-state index in [1.807, 2.05) is 24.3 Å². The van der Waals surface area contributed by atoms with E-state index in [1.54, 1.807) is 12.1 Å². The molecule has 3 aliphatic rings. The summed E-state index contributed by atoms with van der Waals surface area (Å²) in [5.41, 5.74) is 3.68. The lowest BCUT2D eigenvalue weighted by Gasteiger charge is -2.45. The van der Waals surface area contributed by atoms with Gasteiger partial charge in [0.1, 0.15) is 0 Å². The Morgan fingerprint density at radius 1 is 1.03 bits per heavy atom. The number of fused-ring (bicyclic) bond motifs is 4. The van der Waals surface area contributed by atoms with Crippen molar-refractivity contribution in [1.82, 2.24) is 4.90 Å². The number of hydrogen-bond acceptors (Lipinski definition) is 4. The third kappa shape index (κ3) is 3.27. The molecule has 2 aromatic rings. The van der Waals surface area contributed by atoms with E-state index in [0.717, 1.165) is 36.5 Å². The highest BCUT2D eigenvalue weighted by atomic mass is 16.5. The lowest BCUT2D eigenvalue weighted by molar-refractivity contribution is 0.0696. The van der Waals surface area contributed by atoms with Crippen molar-refractivity contribution >= 4 is 17.3 Å². The first-order chi connectivity index (χ1) is 14.5. The fourth-order valence-corrected chi connectivity index (χ4v) is 5.35. The van der Waals surface area contributed by atoms with Gasteiger partial charge in [-0.2, -0.15) is 0 Å². The van der Waals surface area contributed by atoms with E-state index >= 15 is 0 Å². The molecule has 0 spiro atoms. The van der Waals surface area contributed by atoms with Crippen molar-refractivity contribution < 1.29 is 14.6 Å². The average molecular weight is 405 g/mol. The predicted octanol–water partition coefficient (Wildman–Crippen LogP) is 5.59. The van der Waals surface area contributed by atoms with Gasteiger partial charge in [0.2, 0.25) is 0 Å². The Labute approximate surface area is 177 Å². The van der Waals surface area contributed by atoms with Crippen LogP contribution in [-0.2, 0) is 0 Å². The van der Waals surface area contributed by atoms with Crippen LogP contribution >= 0.6 is 0 Å². The number of allylic oxidation sites excluding steroid dienone is 1. The first kappa shape index (κ1) is 19.2. The summed E-state index contributed by atoms with van der Waals surface area (Å²) in [4.78, 5) is 16.6. The van der Waals surface area contributed by atoms with Gasteiger partial charge < -0.3 is 14.7 Å². The van der Waals surface area contributed by atoms with Crippen LogP contribution in [0.4, 0.5) is 11.4 Å². The summed E-state index contributed by atoms with van der Waals surface area (Å²) in [6.07, 6.45) is 7.09. The van der Waals surface area contributed by atoms with Crippen LogP contribution in [0.25, 0.3) is 0 Å². The minimum absolute atomic E-state index is 0.254. The van der Waals surface area contributed by atoms with Gasteiger partial charge in [-0.25, -0.2) is 4.79 Å². The van der Waals surface area contributed by atoms with Crippen molar-refractivity contribution in [3.8, 4) is 11.5 Å². The SMILES string of the molecule is CC(C)=CCN1C2CCC1CC(N1c3ccccc3Oc3cc(C(=O)O)ccc31)C2. The fraction of sp³-hybridized carbons (Fsp3) is 0.400. The van der Waals surface area contributed by atoms with Crippen LogP contribution in [0.3, 0.4) is 0 Å². The number of carboxylic acid groups (broad SMARTS) is 1. The summed E-state index contributed by atoms with van der Waals surface area (Å²) in [6, 6.07) is 14.9. The number of nitrogens with zero attached hydrogens (tertiary/aromatic N) is 2. The number of carboxylic acids is 1. The zero-order chi connectivity index (χ0) is 20.8. The zero-order valence-electron chi connectivity index (χ0n) is 17.5. The summed E-state index contributed by atoms with van der Waals surface area (Å²) in [6.45, 7) is 5.38. The van der Waals surface area contributed by atoms with E-state index in [0.29, 0.717) is 23.9 Å². The highest BCUT2D eigenvalue weighted by Crippen LogP contribution is 2.51. The number of benzene rings is 2. The maximum Gasteiger partial charge on any atom is 0.335 e. The maximum absolute atomic E-state index is 11.5. The molecule has 5 rings (SSSR count). The Morgan fingerprint density at radius 3 is 2.43 bits per heavy atom.